The minimum atomic E-state index is -0.570. The Hall–Kier alpha value is -0.120. The lowest BCUT2D eigenvalue weighted by molar-refractivity contribution is -0.179. The molecule has 0 aliphatic heterocycles. The lowest BCUT2D eigenvalue weighted by Crippen LogP contribution is -2.59. The third-order valence-electron chi connectivity index (χ3n) is 10.9. The van der Waals surface area contributed by atoms with Gasteiger partial charge >= 0.3 is 0 Å². The standard InChI is InChI=1S/C27H48O3/c1-17(2)7-6-12-27(5,30)24-9-8-20-19-16-23(29)22-15-18(28)10-13-25(22,3)21(19)11-14-26(20,24)4/h17-24,28-30H,6-16H2,1-5H3/t18-,19-,20-,21-,22+,23-,24-,25+,26-,27+/m0/s1. The zero-order valence-corrected chi connectivity index (χ0v) is 20.2. The molecular weight excluding hydrogens is 372 g/mol. The average Bonchev–Trinajstić information content (AvgIpc) is 3.01. The predicted molar refractivity (Wildman–Crippen MR) is 122 cm³/mol. The Kier molecular flexibility index (Phi) is 6.17. The number of rotatable bonds is 5. The number of aliphatic hydroxyl groups is 3. The van der Waals surface area contributed by atoms with Crippen molar-refractivity contribution in [3.63, 3.8) is 0 Å². The molecule has 4 aliphatic rings. The van der Waals surface area contributed by atoms with Gasteiger partial charge in [-0.25, -0.2) is 0 Å². The van der Waals surface area contributed by atoms with Crippen LogP contribution in [0, 0.1) is 46.3 Å². The first-order valence-corrected chi connectivity index (χ1v) is 13.1. The molecule has 3 N–H and O–H groups in total. The summed E-state index contributed by atoms with van der Waals surface area (Å²) in [6.45, 7) is 11.6. The summed E-state index contributed by atoms with van der Waals surface area (Å²) >= 11 is 0. The Labute approximate surface area is 185 Å². The second-order valence-corrected chi connectivity index (χ2v) is 13.0. The summed E-state index contributed by atoms with van der Waals surface area (Å²) in [7, 11) is 0. The van der Waals surface area contributed by atoms with Gasteiger partial charge in [0.15, 0.2) is 0 Å². The van der Waals surface area contributed by atoms with Crippen molar-refractivity contribution in [2.75, 3.05) is 0 Å². The summed E-state index contributed by atoms with van der Waals surface area (Å²) in [4.78, 5) is 0. The van der Waals surface area contributed by atoms with Gasteiger partial charge in [0.05, 0.1) is 17.8 Å². The van der Waals surface area contributed by atoms with Gasteiger partial charge in [-0.15, -0.1) is 0 Å². The van der Waals surface area contributed by atoms with Crippen LogP contribution in [-0.2, 0) is 0 Å². The smallest absolute Gasteiger partial charge is 0.0653 e. The third-order valence-corrected chi connectivity index (χ3v) is 10.9. The molecule has 0 bridgehead atoms. The molecule has 0 unspecified atom stereocenters. The zero-order chi connectivity index (χ0) is 21.9. The highest BCUT2D eigenvalue weighted by Gasteiger charge is 2.63. The quantitative estimate of drug-likeness (QED) is 0.546. The van der Waals surface area contributed by atoms with Gasteiger partial charge < -0.3 is 15.3 Å². The molecule has 174 valence electrons. The predicted octanol–water partition coefficient (Wildman–Crippen LogP) is 5.55. The number of fused-ring (bicyclic) bond motifs is 5. The van der Waals surface area contributed by atoms with Crippen molar-refractivity contribution >= 4 is 0 Å². The fourth-order valence-electron chi connectivity index (χ4n) is 9.34. The van der Waals surface area contributed by atoms with E-state index in [9.17, 15) is 15.3 Å². The van der Waals surface area contributed by atoms with E-state index in [0.29, 0.717) is 29.6 Å². The molecule has 0 amide bonds. The highest BCUT2D eigenvalue weighted by molar-refractivity contribution is 5.13. The van der Waals surface area contributed by atoms with Gasteiger partial charge in [-0.1, -0.05) is 40.5 Å². The maximum absolute atomic E-state index is 11.6. The monoisotopic (exact) mass is 420 g/mol. The summed E-state index contributed by atoms with van der Waals surface area (Å²) in [6.07, 6.45) is 11.3. The molecule has 0 aromatic rings. The van der Waals surface area contributed by atoms with Crippen LogP contribution in [0.4, 0.5) is 0 Å². The lowest BCUT2D eigenvalue weighted by atomic mass is 9.43. The van der Waals surface area contributed by atoms with Crippen molar-refractivity contribution < 1.29 is 15.3 Å². The van der Waals surface area contributed by atoms with Gasteiger partial charge in [0.1, 0.15) is 0 Å². The van der Waals surface area contributed by atoms with Crippen LogP contribution in [0.1, 0.15) is 105 Å². The zero-order valence-electron chi connectivity index (χ0n) is 20.2. The Balaban J connectivity index is 1.53. The first kappa shape index (κ1) is 23.1. The van der Waals surface area contributed by atoms with Crippen LogP contribution in [0.25, 0.3) is 0 Å². The minimum Gasteiger partial charge on any atom is -0.393 e. The molecular formula is C27H48O3. The van der Waals surface area contributed by atoms with E-state index in [1.807, 2.05) is 0 Å². The molecule has 3 heteroatoms. The van der Waals surface area contributed by atoms with Crippen molar-refractivity contribution in [2.45, 2.75) is 123 Å². The van der Waals surface area contributed by atoms with E-state index in [1.54, 1.807) is 0 Å². The summed E-state index contributed by atoms with van der Waals surface area (Å²) in [5, 5.41) is 33.0. The van der Waals surface area contributed by atoms with Crippen molar-refractivity contribution in [3.8, 4) is 0 Å². The second-order valence-electron chi connectivity index (χ2n) is 13.0. The fourth-order valence-corrected chi connectivity index (χ4v) is 9.34. The highest BCUT2D eigenvalue weighted by Crippen LogP contribution is 2.68. The molecule has 10 atom stereocenters. The summed E-state index contributed by atoms with van der Waals surface area (Å²) in [6, 6.07) is 0. The number of hydrogen-bond acceptors (Lipinski definition) is 3. The van der Waals surface area contributed by atoms with Crippen molar-refractivity contribution in [1.29, 1.82) is 0 Å². The Morgan fingerprint density at radius 1 is 0.900 bits per heavy atom. The van der Waals surface area contributed by atoms with Crippen LogP contribution in [0.2, 0.25) is 0 Å². The Morgan fingerprint density at radius 3 is 2.27 bits per heavy atom. The topological polar surface area (TPSA) is 60.7 Å². The van der Waals surface area contributed by atoms with Gasteiger partial charge in [0.2, 0.25) is 0 Å². The molecule has 30 heavy (non-hydrogen) atoms. The Bertz CT molecular complexity index is 615. The third kappa shape index (κ3) is 3.69. The van der Waals surface area contributed by atoms with Crippen molar-refractivity contribution in [2.24, 2.45) is 46.3 Å². The van der Waals surface area contributed by atoms with Crippen LogP contribution >= 0.6 is 0 Å². The van der Waals surface area contributed by atoms with E-state index in [0.717, 1.165) is 44.9 Å². The van der Waals surface area contributed by atoms with Gasteiger partial charge in [-0.3, -0.25) is 0 Å². The minimum absolute atomic E-state index is 0.181. The molecule has 4 aliphatic carbocycles. The Morgan fingerprint density at radius 2 is 1.57 bits per heavy atom. The van der Waals surface area contributed by atoms with Crippen LogP contribution in [0.5, 0.6) is 0 Å². The molecule has 0 aromatic carbocycles. The molecule has 4 rings (SSSR count). The summed E-state index contributed by atoms with van der Waals surface area (Å²) in [5.41, 5.74) is -0.180. The van der Waals surface area contributed by atoms with E-state index >= 15 is 0 Å². The average molecular weight is 421 g/mol. The van der Waals surface area contributed by atoms with Crippen molar-refractivity contribution in [3.05, 3.63) is 0 Å². The van der Waals surface area contributed by atoms with Crippen LogP contribution in [0.15, 0.2) is 0 Å². The van der Waals surface area contributed by atoms with E-state index in [1.165, 1.54) is 25.7 Å². The summed E-state index contributed by atoms with van der Waals surface area (Å²) in [5.74, 6) is 3.27. The van der Waals surface area contributed by atoms with Crippen LogP contribution < -0.4 is 0 Å². The molecule has 0 radical (unpaired) electrons. The largest absolute Gasteiger partial charge is 0.393 e. The number of hydrogen-bond donors (Lipinski definition) is 3. The number of aliphatic hydroxyl groups excluding tert-OH is 2. The molecule has 4 saturated carbocycles. The van der Waals surface area contributed by atoms with Crippen LogP contribution in [0.3, 0.4) is 0 Å². The highest BCUT2D eigenvalue weighted by atomic mass is 16.3. The van der Waals surface area contributed by atoms with Gasteiger partial charge in [-0.05, 0) is 111 Å². The van der Waals surface area contributed by atoms with E-state index < -0.39 is 5.60 Å². The first-order chi connectivity index (χ1) is 14.0. The van der Waals surface area contributed by atoms with Gasteiger partial charge in [-0.2, -0.15) is 0 Å². The molecule has 0 saturated heterocycles. The summed E-state index contributed by atoms with van der Waals surface area (Å²) < 4.78 is 0. The maximum Gasteiger partial charge on any atom is 0.0653 e. The van der Waals surface area contributed by atoms with Gasteiger partial charge in [0.25, 0.3) is 0 Å². The first-order valence-electron chi connectivity index (χ1n) is 13.1. The second kappa shape index (κ2) is 8.03. The van der Waals surface area contributed by atoms with E-state index in [2.05, 4.69) is 34.6 Å². The normalized spacial score (nSPS) is 50.5. The lowest BCUT2D eigenvalue weighted by Gasteiger charge is -2.62. The molecule has 3 nitrogen and oxygen atoms in total. The molecule has 0 aromatic heterocycles. The maximum atomic E-state index is 11.6. The molecule has 0 heterocycles. The van der Waals surface area contributed by atoms with E-state index in [4.69, 9.17) is 0 Å². The fraction of sp³-hybridized carbons (Fsp3) is 1.00. The van der Waals surface area contributed by atoms with Crippen molar-refractivity contribution in [1.82, 2.24) is 0 Å². The van der Waals surface area contributed by atoms with E-state index in [-0.39, 0.29) is 29.0 Å². The van der Waals surface area contributed by atoms with Gasteiger partial charge in [0, 0.05) is 0 Å². The molecule has 4 fully saturated rings. The SMILES string of the molecule is CC(C)CCC[C@@](C)(O)[C@H]1CC[C@H]2[C@@H]3C[C@H](O)[C@H]4C[C@@H](O)CC[C@]4(C)[C@H]3CC[C@@]21C. The molecule has 0 spiro atoms. The van der Waals surface area contributed by atoms with Crippen LogP contribution in [-0.4, -0.2) is 33.1 Å².